The summed E-state index contributed by atoms with van der Waals surface area (Å²) >= 11 is 0. The van der Waals surface area contributed by atoms with E-state index in [1.165, 1.54) is 6.92 Å². The molecule has 0 heterocycles. The lowest BCUT2D eigenvalue weighted by Crippen LogP contribution is -1.60. The van der Waals surface area contributed by atoms with Crippen molar-refractivity contribution < 1.29 is 7.13 Å². The SMILES string of the molecule is [2H]C([2H])(F)[CH]C. The molecule has 0 N–H and O–H groups in total. The first-order valence-corrected chi connectivity index (χ1v) is 1.06. The van der Waals surface area contributed by atoms with E-state index in [1.807, 2.05) is 0 Å². The highest BCUT2D eigenvalue weighted by Crippen LogP contribution is 1.67. The molecule has 0 aliphatic heterocycles. The Kier molecular flexibility index (Phi) is 1.02. The number of hydrogen-bond acceptors (Lipinski definition) is 0. The van der Waals surface area contributed by atoms with Crippen molar-refractivity contribution in [1.29, 1.82) is 0 Å². The fraction of sp³-hybridized carbons (Fsp3) is 0.667. The van der Waals surface area contributed by atoms with Gasteiger partial charge in [-0.15, -0.1) is 0 Å². The maximum Gasteiger partial charge on any atom is 0.0923 e. The van der Waals surface area contributed by atoms with Gasteiger partial charge in [-0.2, -0.15) is 0 Å². The molecule has 0 aromatic carbocycles. The van der Waals surface area contributed by atoms with Crippen LogP contribution in [0.2, 0.25) is 0 Å². The highest BCUT2D eigenvalue weighted by Gasteiger charge is 1.61. The highest BCUT2D eigenvalue weighted by atomic mass is 19.1. The molecule has 4 heavy (non-hydrogen) atoms. The van der Waals surface area contributed by atoms with Gasteiger partial charge in [-0.3, -0.25) is 4.39 Å². The van der Waals surface area contributed by atoms with Gasteiger partial charge in [0, 0.05) is 0 Å². The summed E-state index contributed by atoms with van der Waals surface area (Å²) in [5, 5.41) is 0. The van der Waals surface area contributed by atoms with Crippen LogP contribution < -0.4 is 0 Å². The van der Waals surface area contributed by atoms with Gasteiger partial charge >= 0.3 is 0 Å². The van der Waals surface area contributed by atoms with Crippen molar-refractivity contribution in [3.05, 3.63) is 6.42 Å². The van der Waals surface area contributed by atoms with Gasteiger partial charge in [0.25, 0.3) is 0 Å². The summed E-state index contributed by atoms with van der Waals surface area (Å²) in [7, 11) is 0. The minimum absolute atomic E-state index is 0.854. The Hall–Kier alpha value is -0.0700. The third-order valence-electron chi connectivity index (χ3n) is 0.109. The molecule has 0 saturated heterocycles. The van der Waals surface area contributed by atoms with Gasteiger partial charge in [0.1, 0.15) is 0 Å². The first kappa shape index (κ1) is 1.39. The minimum Gasteiger partial charge on any atom is -0.251 e. The van der Waals surface area contributed by atoms with Crippen LogP contribution in [0, 0.1) is 6.42 Å². The van der Waals surface area contributed by atoms with Crippen molar-refractivity contribution >= 4 is 0 Å². The van der Waals surface area contributed by atoms with Crippen LogP contribution in [0.15, 0.2) is 0 Å². The number of alkyl halides is 1. The lowest BCUT2D eigenvalue weighted by atomic mass is 10.6. The van der Waals surface area contributed by atoms with Gasteiger partial charge in [-0.1, -0.05) is 6.92 Å². The lowest BCUT2D eigenvalue weighted by molar-refractivity contribution is 0.539. The summed E-state index contributed by atoms with van der Waals surface area (Å²) < 4.78 is 23.6. The van der Waals surface area contributed by atoms with E-state index in [1.54, 1.807) is 0 Å². The van der Waals surface area contributed by atoms with Crippen molar-refractivity contribution in [1.82, 2.24) is 0 Å². The largest absolute Gasteiger partial charge is 0.251 e. The monoisotopic (exact) mass is 63.1 g/mol. The van der Waals surface area contributed by atoms with Crippen molar-refractivity contribution in [3.8, 4) is 0 Å². The van der Waals surface area contributed by atoms with Gasteiger partial charge in [-0.05, 0) is 6.42 Å². The van der Waals surface area contributed by atoms with Crippen LogP contribution in [-0.4, -0.2) is 6.63 Å². The predicted octanol–water partition coefficient (Wildman–Crippen LogP) is 1.18. The van der Waals surface area contributed by atoms with Gasteiger partial charge in [0.15, 0.2) is 0 Å². The van der Waals surface area contributed by atoms with Crippen molar-refractivity contribution in [2.24, 2.45) is 0 Å². The molecule has 0 nitrogen and oxygen atoms in total. The molecule has 0 atom stereocenters. The van der Waals surface area contributed by atoms with Crippen molar-refractivity contribution in [2.75, 3.05) is 6.63 Å². The van der Waals surface area contributed by atoms with E-state index in [-0.39, 0.29) is 0 Å². The number of hydrogen-bond donors (Lipinski definition) is 0. The molecule has 0 fully saturated rings. The van der Waals surface area contributed by atoms with Crippen LogP contribution >= 0.6 is 0 Å². The first-order valence-electron chi connectivity index (χ1n) is 2.06. The highest BCUT2D eigenvalue weighted by molar-refractivity contribution is 4.46. The van der Waals surface area contributed by atoms with E-state index in [0.717, 1.165) is 6.42 Å². The summed E-state index contributed by atoms with van der Waals surface area (Å²) in [6.07, 6.45) is 0.854. The smallest absolute Gasteiger partial charge is 0.0923 e. The standard InChI is InChI=1S/C3H6F/c1-2-3-4/h2H,3H2,1H3/i3D2. The molecule has 1 heteroatoms. The van der Waals surface area contributed by atoms with Crippen LogP contribution in [0.25, 0.3) is 0 Å². The minimum atomic E-state index is -2.58. The summed E-state index contributed by atoms with van der Waals surface area (Å²) in [5.41, 5.74) is 0. The number of rotatable bonds is 1. The van der Waals surface area contributed by atoms with E-state index in [0.29, 0.717) is 0 Å². The molecule has 0 bridgehead atoms. The second kappa shape index (κ2) is 2.93. The van der Waals surface area contributed by atoms with Crippen LogP contribution in [0.3, 0.4) is 0 Å². The van der Waals surface area contributed by atoms with Gasteiger partial charge in [0.2, 0.25) is 0 Å². The van der Waals surface area contributed by atoms with E-state index in [2.05, 4.69) is 0 Å². The molecule has 0 aliphatic carbocycles. The van der Waals surface area contributed by atoms with Crippen molar-refractivity contribution in [3.63, 3.8) is 0 Å². The Balaban J connectivity index is 3.17. The Morgan fingerprint density at radius 2 is 2.75 bits per heavy atom. The molecule has 0 saturated carbocycles. The van der Waals surface area contributed by atoms with Crippen LogP contribution in [-0.2, 0) is 0 Å². The second-order valence-corrected chi connectivity index (χ2v) is 0.398. The summed E-state index contributed by atoms with van der Waals surface area (Å²) in [5.74, 6) is 0. The maximum absolute atomic E-state index is 11.4. The van der Waals surface area contributed by atoms with E-state index in [4.69, 9.17) is 2.74 Å². The van der Waals surface area contributed by atoms with Crippen LogP contribution in [0.1, 0.15) is 9.67 Å². The van der Waals surface area contributed by atoms with E-state index >= 15 is 0 Å². The molecule has 0 unspecified atom stereocenters. The van der Waals surface area contributed by atoms with E-state index < -0.39 is 6.63 Å². The first-order chi connectivity index (χ1) is 2.56. The third kappa shape index (κ3) is 1.93. The normalized spacial score (nSPS) is 18.5. The molecular formula is C3H6F. The summed E-state index contributed by atoms with van der Waals surface area (Å²) in [6, 6.07) is 0. The maximum atomic E-state index is 11.4. The second-order valence-electron chi connectivity index (χ2n) is 0.398. The Morgan fingerprint density at radius 3 is 2.75 bits per heavy atom. The predicted molar refractivity (Wildman–Crippen MR) is 15.9 cm³/mol. The molecule has 0 aromatic rings. The van der Waals surface area contributed by atoms with Gasteiger partial charge in [0.05, 0.1) is 9.37 Å². The third-order valence-corrected chi connectivity index (χ3v) is 0.109. The summed E-state index contributed by atoms with van der Waals surface area (Å²) in [6.45, 7) is -1.25. The molecule has 0 aliphatic rings. The topological polar surface area (TPSA) is 0 Å². The van der Waals surface area contributed by atoms with Crippen molar-refractivity contribution in [2.45, 2.75) is 6.92 Å². The molecule has 25 valence electrons. The molecule has 0 aromatic heterocycles. The summed E-state index contributed by atoms with van der Waals surface area (Å²) in [4.78, 5) is 0. The average Bonchev–Trinajstić information content (AvgIpc) is 1.35. The van der Waals surface area contributed by atoms with Crippen LogP contribution in [0.5, 0.6) is 0 Å². The zero-order valence-corrected chi connectivity index (χ0v) is 2.46. The zero-order chi connectivity index (χ0) is 5.21. The average molecular weight is 63.1 g/mol. The van der Waals surface area contributed by atoms with E-state index in [9.17, 15) is 4.39 Å². The van der Waals surface area contributed by atoms with Gasteiger partial charge < -0.3 is 0 Å². The lowest BCUT2D eigenvalue weighted by Gasteiger charge is -1.64. The van der Waals surface area contributed by atoms with Crippen LogP contribution in [0.4, 0.5) is 4.39 Å². The Morgan fingerprint density at radius 1 is 2.50 bits per heavy atom. The number of halogens is 1. The molecule has 1 radical (unpaired) electrons. The Labute approximate surface area is 28.4 Å². The zero-order valence-electron chi connectivity index (χ0n) is 4.46. The quantitative estimate of drug-likeness (QED) is 0.428. The molecule has 0 spiro atoms. The molecular weight excluding hydrogens is 55.0 g/mol. The fourth-order valence-electron chi connectivity index (χ4n) is 0. The Bertz CT molecular complexity index is 38.5. The van der Waals surface area contributed by atoms with Gasteiger partial charge in [-0.25, -0.2) is 0 Å². The fourth-order valence-corrected chi connectivity index (χ4v) is 0. The molecule has 0 rings (SSSR count). The molecule has 0 amide bonds.